The predicted molar refractivity (Wildman–Crippen MR) is 63.5 cm³/mol. The maximum absolute atomic E-state index is 12.0. The fourth-order valence-electron chi connectivity index (χ4n) is 1.00. The van der Waals surface area contributed by atoms with Crippen LogP contribution >= 0.6 is 38.5 Å². The van der Waals surface area contributed by atoms with Crippen molar-refractivity contribution in [1.29, 1.82) is 0 Å². The van der Waals surface area contributed by atoms with Crippen LogP contribution < -0.4 is 4.74 Å². The van der Waals surface area contributed by atoms with Crippen LogP contribution in [0, 0.1) is 3.57 Å². The van der Waals surface area contributed by atoms with Gasteiger partial charge in [-0.25, -0.2) is 0 Å². The summed E-state index contributed by atoms with van der Waals surface area (Å²) in [5, 5.41) is 0. The van der Waals surface area contributed by atoms with Crippen molar-refractivity contribution in [2.24, 2.45) is 0 Å². The maximum atomic E-state index is 12.0. The second kappa shape index (κ2) is 4.91. The molecule has 1 aromatic carbocycles. The molecule has 2 nitrogen and oxygen atoms in total. The molecule has 0 saturated carbocycles. The van der Waals surface area contributed by atoms with Gasteiger partial charge in [0.05, 0.1) is 3.57 Å². The van der Waals surface area contributed by atoms with E-state index < -0.39 is 6.36 Å². The topological polar surface area (TPSA) is 26.3 Å². The summed E-state index contributed by atoms with van der Waals surface area (Å²) in [4.78, 5) is 11.1. The summed E-state index contributed by atoms with van der Waals surface area (Å²) >= 11 is 4.70. The third-order valence-electron chi connectivity index (χ3n) is 1.63. The van der Waals surface area contributed by atoms with Crippen molar-refractivity contribution in [3.8, 4) is 5.75 Å². The van der Waals surface area contributed by atoms with E-state index in [4.69, 9.17) is 0 Å². The molecule has 0 N–H and O–H groups in total. The Bertz CT molecular complexity index is 431. The van der Waals surface area contributed by atoms with Gasteiger partial charge >= 0.3 is 6.36 Å². The van der Waals surface area contributed by atoms with Crippen molar-refractivity contribution in [2.45, 2.75) is 13.3 Å². The van der Waals surface area contributed by atoms with Crippen molar-refractivity contribution >= 4 is 44.3 Å². The van der Waals surface area contributed by atoms with E-state index in [-0.39, 0.29) is 19.6 Å². The molecule has 0 fully saturated rings. The first-order valence-electron chi connectivity index (χ1n) is 3.96. The minimum absolute atomic E-state index is 0.225. The van der Waals surface area contributed by atoms with Gasteiger partial charge in [-0.3, -0.25) is 4.79 Å². The maximum Gasteiger partial charge on any atom is 0.573 e. The van der Waals surface area contributed by atoms with Crippen molar-refractivity contribution < 1.29 is 22.7 Å². The smallest absolute Gasteiger partial charge is 0.405 e. The summed E-state index contributed by atoms with van der Waals surface area (Å²) in [6.07, 6.45) is -4.74. The summed E-state index contributed by atoms with van der Waals surface area (Å²) in [6.45, 7) is 1.33. The molecular formula is C9H5BrF3IO2. The van der Waals surface area contributed by atoms with Crippen molar-refractivity contribution in [3.63, 3.8) is 0 Å². The molecule has 7 heteroatoms. The number of hydrogen-bond donors (Lipinski definition) is 0. The number of halogens is 5. The molecule has 0 saturated heterocycles. The number of benzene rings is 1. The van der Waals surface area contributed by atoms with E-state index in [9.17, 15) is 18.0 Å². The Morgan fingerprint density at radius 3 is 2.44 bits per heavy atom. The first-order valence-corrected chi connectivity index (χ1v) is 5.83. The lowest BCUT2D eigenvalue weighted by Crippen LogP contribution is -2.18. The molecule has 16 heavy (non-hydrogen) atoms. The summed E-state index contributed by atoms with van der Waals surface area (Å²) in [6, 6.07) is 2.47. The number of Topliss-reactive ketones (excluding diaryl/α,β-unsaturated/α-hetero) is 1. The van der Waals surface area contributed by atoms with Gasteiger partial charge in [0.25, 0.3) is 0 Å². The van der Waals surface area contributed by atoms with E-state index in [0.717, 1.165) is 6.07 Å². The largest absolute Gasteiger partial charge is 0.573 e. The fourth-order valence-corrected chi connectivity index (χ4v) is 2.18. The van der Waals surface area contributed by atoms with Crippen LogP contribution in [0.1, 0.15) is 17.3 Å². The SMILES string of the molecule is CC(=O)c1cc(I)c(OC(F)(F)F)cc1Br. The van der Waals surface area contributed by atoms with Gasteiger partial charge in [0.15, 0.2) is 5.78 Å². The lowest BCUT2D eigenvalue weighted by Gasteiger charge is -2.12. The number of carbonyl (C=O) groups excluding carboxylic acids is 1. The third kappa shape index (κ3) is 3.62. The minimum Gasteiger partial charge on any atom is -0.405 e. The quantitative estimate of drug-likeness (QED) is 0.542. The normalized spacial score (nSPS) is 11.4. The number of ketones is 1. The average molecular weight is 409 g/mol. The highest BCUT2D eigenvalue weighted by atomic mass is 127. The molecule has 0 unspecified atom stereocenters. The highest BCUT2D eigenvalue weighted by molar-refractivity contribution is 14.1. The molecule has 0 spiro atoms. The highest BCUT2D eigenvalue weighted by Crippen LogP contribution is 2.32. The monoisotopic (exact) mass is 408 g/mol. The number of rotatable bonds is 2. The van der Waals surface area contributed by atoms with E-state index in [1.807, 2.05) is 0 Å². The van der Waals surface area contributed by atoms with Crippen LogP contribution in [0.3, 0.4) is 0 Å². The summed E-state index contributed by atoms with van der Waals surface area (Å²) in [5.74, 6) is -0.562. The number of ether oxygens (including phenoxy) is 1. The van der Waals surface area contributed by atoms with Gasteiger partial charge in [0.2, 0.25) is 0 Å². The van der Waals surface area contributed by atoms with Gasteiger partial charge < -0.3 is 4.74 Å². The van der Waals surface area contributed by atoms with Gasteiger partial charge in [0, 0.05) is 10.0 Å². The highest BCUT2D eigenvalue weighted by Gasteiger charge is 2.32. The van der Waals surface area contributed by atoms with E-state index in [0.29, 0.717) is 5.56 Å². The van der Waals surface area contributed by atoms with Gasteiger partial charge in [-0.05, 0) is 57.6 Å². The van der Waals surface area contributed by atoms with Crippen LogP contribution in [-0.2, 0) is 0 Å². The molecule has 0 radical (unpaired) electrons. The zero-order chi connectivity index (χ0) is 12.5. The first kappa shape index (κ1) is 13.8. The molecule has 0 aromatic heterocycles. The lowest BCUT2D eigenvalue weighted by atomic mass is 10.1. The Kier molecular flexibility index (Phi) is 4.22. The van der Waals surface area contributed by atoms with E-state index in [1.165, 1.54) is 13.0 Å². The molecule has 88 valence electrons. The van der Waals surface area contributed by atoms with Gasteiger partial charge in [-0.2, -0.15) is 0 Å². The fraction of sp³-hybridized carbons (Fsp3) is 0.222. The Morgan fingerprint density at radius 2 is 2.00 bits per heavy atom. The summed E-state index contributed by atoms with van der Waals surface area (Å²) in [5.41, 5.74) is 0.318. The number of hydrogen-bond acceptors (Lipinski definition) is 2. The summed E-state index contributed by atoms with van der Waals surface area (Å²) in [7, 11) is 0. The van der Waals surface area contributed by atoms with Crippen LogP contribution in [-0.4, -0.2) is 12.1 Å². The Labute approximate surface area is 111 Å². The Morgan fingerprint density at radius 1 is 1.44 bits per heavy atom. The van der Waals surface area contributed by atoms with Crippen LogP contribution in [0.25, 0.3) is 0 Å². The predicted octanol–water partition coefficient (Wildman–Crippen LogP) is 4.15. The second-order valence-electron chi connectivity index (χ2n) is 2.87. The van der Waals surface area contributed by atoms with Crippen LogP contribution in [0.15, 0.2) is 16.6 Å². The van der Waals surface area contributed by atoms with Gasteiger partial charge in [0.1, 0.15) is 5.75 Å². The van der Waals surface area contributed by atoms with E-state index in [1.54, 1.807) is 22.6 Å². The number of alkyl halides is 3. The molecule has 0 atom stereocenters. The first-order chi connectivity index (χ1) is 7.20. The molecule has 0 aliphatic carbocycles. The molecule has 0 aliphatic rings. The van der Waals surface area contributed by atoms with Crippen LogP contribution in [0.5, 0.6) is 5.75 Å². The van der Waals surface area contributed by atoms with Crippen LogP contribution in [0.2, 0.25) is 0 Å². The van der Waals surface area contributed by atoms with Crippen molar-refractivity contribution in [3.05, 3.63) is 25.7 Å². The standard InChI is InChI=1S/C9H5BrF3IO2/c1-4(15)5-2-7(14)8(3-6(5)10)16-9(11,12)13/h2-3H,1H3. The average Bonchev–Trinajstić information content (AvgIpc) is 2.07. The molecular weight excluding hydrogens is 404 g/mol. The summed E-state index contributed by atoms with van der Waals surface area (Å²) < 4.78 is 40.3. The van der Waals surface area contributed by atoms with Gasteiger partial charge in [-0.15, -0.1) is 13.2 Å². The molecule has 0 amide bonds. The zero-order valence-corrected chi connectivity index (χ0v) is 11.6. The van der Waals surface area contributed by atoms with Crippen LogP contribution in [0.4, 0.5) is 13.2 Å². The lowest BCUT2D eigenvalue weighted by molar-refractivity contribution is -0.275. The zero-order valence-electron chi connectivity index (χ0n) is 7.86. The van der Waals surface area contributed by atoms with E-state index >= 15 is 0 Å². The van der Waals surface area contributed by atoms with Gasteiger partial charge in [-0.1, -0.05) is 0 Å². The Hall–Kier alpha value is -0.310. The molecule has 1 rings (SSSR count). The second-order valence-corrected chi connectivity index (χ2v) is 4.88. The van der Waals surface area contributed by atoms with E-state index in [2.05, 4.69) is 20.7 Å². The van der Waals surface area contributed by atoms with Crippen molar-refractivity contribution in [2.75, 3.05) is 0 Å². The Balaban J connectivity index is 3.16. The third-order valence-corrected chi connectivity index (χ3v) is 3.13. The molecule has 0 bridgehead atoms. The minimum atomic E-state index is -4.74. The van der Waals surface area contributed by atoms with Crippen molar-refractivity contribution in [1.82, 2.24) is 0 Å². The molecule has 0 aliphatic heterocycles. The molecule has 0 heterocycles. The number of carbonyl (C=O) groups is 1. The molecule has 1 aromatic rings.